The average molecular weight is 422 g/mol. The van der Waals surface area contributed by atoms with Crippen LogP contribution >= 0.6 is 12.4 Å². The smallest absolute Gasteiger partial charge is 0.268 e. The highest BCUT2D eigenvalue weighted by atomic mass is 35.5. The lowest BCUT2D eigenvalue weighted by atomic mass is 10.2. The Balaban J connectivity index is 0.00000225. The van der Waals surface area contributed by atoms with Crippen molar-refractivity contribution in [1.29, 1.82) is 0 Å². The minimum absolute atomic E-state index is 0. The molecule has 4 rings (SSSR count). The SMILES string of the molecule is COc1ccc(S(=O)(=O)n2ccc3cc(N4CCN(C)CC4)ccc32)cc1.Cl. The third-order valence-electron chi connectivity index (χ3n) is 5.12. The third kappa shape index (κ3) is 3.70. The molecule has 150 valence electrons. The van der Waals surface area contributed by atoms with E-state index in [1.54, 1.807) is 37.6 Å². The van der Waals surface area contributed by atoms with Gasteiger partial charge in [0.15, 0.2) is 0 Å². The van der Waals surface area contributed by atoms with Crippen molar-refractivity contribution in [1.82, 2.24) is 8.87 Å². The zero-order chi connectivity index (χ0) is 19.0. The average Bonchev–Trinajstić information content (AvgIpc) is 3.12. The molecule has 0 saturated carbocycles. The molecular weight excluding hydrogens is 398 g/mol. The van der Waals surface area contributed by atoms with Gasteiger partial charge in [0.2, 0.25) is 0 Å². The lowest BCUT2D eigenvalue weighted by Crippen LogP contribution is -2.44. The summed E-state index contributed by atoms with van der Waals surface area (Å²) in [6, 6.07) is 14.3. The van der Waals surface area contributed by atoms with Crippen LogP contribution in [0, 0.1) is 0 Å². The molecular formula is C20H24ClN3O3S. The molecule has 28 heavy (non-hydrogen) atoms. The van der Waals surface area contributed by atoms with Gasteiger partial charge in [-0.2, -0.15) is 0 Å². The van der Waals surface area contributed by atoms with Crippen LogP contribution in [-0.4, -0.2) is 57.6 Å². The van der Waals surface area contributed by atoms with E-state index in [1.165, 1.54) is 3.97 Å². The van der Waals surface area contributed by atoms with E-state index < -0.39 is 10.0 Å². The zero-order valence-electron chi connectivity index (χ0n) is 15.9. The number of benzene rings is 2. The number of halogens is 1. The summed E-state index contributed by atoms with van der Waals surface area (Å²) in [5.41, 5.74) is 1.82. The lowest BCUT2D eigenvalue weighted by molar-refractivity contribution is 0.313. The number of rotatable bonds is 4. The van der Waals surface area contributed by atoms with Crippen LogP contribution in [0.2, 0.25) is 0 Å². The first-order valence-corrected chi connectivity index (χ1v) is 10.4. The fourth-order valence-electron chi connectivity index (χ4n) is 3.44. The van der Waals surface area contributed by atoms with Crippen LogP contribution in [0.15, 0.2) is 59.6 Å². The summed E-state index contributed by atoms with van der Waals surface area (Å²) in [5.74, 6) is 0.628. The van der Waals surface area contributed by atoms with Gasteiger partial charge in [-0.15, -0.1) is 12.4 Å². The molecule has 1 saturated heterocycles. The van der Waals surface area contributed by atoms with Gasteiger partial charge >= 0.3 is 0 Å². The van der Waals surface area contributed by atoms with Crippen molar-refractivity contribution in [2.24, 2.45) is 0 Å². The molecule has 1 fully saturated rings. The maximum atomic E-state index is 13.0. The zero-order valence-corrected chi connectivity index (χ0v) is 17.5. The number of piperazine rings is 1. The number of anilines is 1. The van der Waals surface area contributed by atoms with Crippen LogP contribution in [0.3, 0.4) is 0 Å². The Morgan fingerprint density at radius 1 is 0.929 bits per heavy atom. The van der Waals surface area contributed by atoms with E-state index in [4.69, 9.17) is 4.74 Å². The van der Waals surface area contributed by atoms with Crippen LogP contribution in [-0.2, 0) is 10.0 Å². The van der Waals surface area contributed by atoms with Crippen molar-refractivity contribution in [3.05, 3.63) is 54.7 Å². The first kappa shape index (κ1) is 20.5. The summed E-state index contributed by atoms with van der Waals surface area (Å²) >= 11 is 0. The maximum Gasteiger partial charge on any atom is 0.268 e. The first-order valence-electron chi connectivity index (χ1n) is 8.93. The van der Waals surface area contributed by atoms with Crippen LogP contribution in [0.25, 0.3) is 10.9 Å². The topological polar surface area (TPSA) is 54.8 Å². The lowest BCUT2D eigenvalue weighted by Gasteiger charge is -2.34. The van der Waals surface area contributed by atoms with Crippen molar-refractivity contribution in [2.75, 3.05) is 45.2 Å². The second-order valence-corrected chi connectivity index (χ2v) is 8.64. The van der Waals surface area contributed by atoms with Gasteiger partial charge in [0.25, 0.3) is 10.0 Å². The van der Waals surface area contributed by atoms with Gasteiger partial charge in [0, 0.05) is 43.4 Å². The second kappa shape index (κ2) is 8.03. The van der Waals surface area contributed by atoms with Crippen molar-refractivity contribution >= 4 is 39.0 Å². The number of methoxy groups -OCH3 is 1. The summed E-state index contributed by atoms with van der Waals surface area (Å²) in [5, 5.41) is 0.920. The van der Waals surface area contributed by atoms with E-state index in [9.17, 15) is 8.42 Å². The Morgan fingerprint density at radius 3 is 2.25 bits per heavy atom. The van der Waals surface area contributed by atoms with E-state index in [-0.39, 0.29) is 17.3 Å². The summed E-state index contributed by atoms with van der Waals surface area (Å²) in [4.78, 5) is 4.89. The molecule has 0 amide bonds. The minimum atomic E-state index is -3.65. The molecule has 2 heterocycles. The molecule has 0 atom stereocenters. The number of likely N-dealkylation sites (N-methyl/N-ethyl adjacent to an activating group) is 1. The van der Waals surface area contributed by atoms with E-state index in [0.717, 1.165) is 37.3 Å². The number of hydrogen-bond donors (Lipinski definition) is 0. The summed E-state index contributed by atoms with van der Waals surface area (Å²) in [7, 11) is 0.0347. The number of fused-ring (bicyclic) bond motifs is 1. The number of hydrogen-bond acceptors (Lipinski definition) is 5. The molecule has 1 aliphatic rings. The molecule has 0 N–H and O–H groups in total. The van der Waals surface area contributed by atoms with Crippen molar-refractivity contribution in [3.63, 3.8) is 0 Å². The molecule has 8 heteroatoms. The predicted molar refractivity (Wildman–Crippen MR) is 114 cm³/mol. The number of ether oxygens (including phenoxy) is 1. The molecule has 0 radical (unpaired) electrons. The monoisotopic (exact) mass is 421 g/mol. The van der Waals surface area contributed by atoms with Gasteiger partial charge in [0.1, 0.15) is 5.75 Å². The largest absolute Gasteiger partial charge is 0.497 e. The van der Waals surface area contributed by atoms with Crippen LogP contribution in [0.5, 0.6) is 5.75 Å². The summed E-state index contributed by atoms with van der Waals surface area (Å²) < 4.78 is 32.5. The fourth-order valence-corrected chi connectivity index (χ4v) is 4.79. The molecule has 3 aromatic rings. The highest BCUT2D eigenvalue weighted by Gasteiger charge is 2.20. The van der Waals surface area contributed by atoms with Crippen LogP contribution in [0.1, 0.15) is 0 Å². The quantitative estimate of drug-likeness (QED) is 0.648. The van der Waals surface area contributed by atoms with E-state index in [0.29, 0.717) is 11.3 Å². The standard InChI is InChI=1S/C20H23N3O3S.ClH/c1-21-11-13-22(14-12-21)17-3-8-20-16(15-17)9-10-23(20)27(24,25)19-6-4-18(26-2)5-7-19;/h3-10,15H,11-14H2,1-2H3;1H. The number of aromatic nitrogens is 1. The molecule has 0 spiro atoms. The van der Waals surface area contributed by atoms with Gasteiger partial charge in [-0.3, -0.25) is 0 Å². The summed E-state index contributed by atoms with van der Waals surface area (Å²) in [6.07, 6.45) is 1.62. The Bertz CT molecular complexity index is 1060. The Morgan fingerprint density at radius 2 is 1.61 bits per heavy atom. The normalized spacial score (nSPS) is 15.4. The van der Waals surface area contributed by atoms with Crippen molar-refractivity contribution in [2.45, 2.75) is 4.90 Å². The van der Waals surface area contributed by atoms with Crippen molar-refractivity contribution < 1.29 is 13.2 Å². The highest BCUT2D eigenvalue weighted by molar-refractivity contribution is 7.90. The van der Waals surface area contributed by atoms with E-state index >= 15 is 0 Å². The molecule has 0 aliphatic carbocycles. The molecule has 2 aromatic carbocycles. The highest BCUT2D eigenvalue weighted by Crippen LogP contribution is 2.27. The first-order chi connectivity index (χ1) is 13.0. The predicted octanol–water partition coefficient (Wildman–Crippen LogP) is 3.06. The maximum absolute atomic E-state index is 13.0. The molecule has 6 nitrogen and oxygen atoms in total. The van der Waals surface area contributed by atoms with Gasteiger partial charge < -0.3 is 14.5 Å². The molecule has 1 aromatic heterocycles. The Kier molecular flexibility index (Phi) is 5.88. The van der Waals surface area contributed by atoms with Gasteiger partial charge in [0.05, 0.1) is 17.5 Å². The molecule has 1 aliphatic heterocycles. The second-order valence-electron chi connectivity index (χ2n) is 6.83. The van der Waals surface area contributed by atoms with Gasteiger partial charge in [-0.05, 0) is 55.6 Å². The van der Waals surface area contributed by atoms with E-state index in [1.807, 2.05) is 18.2 Å². The Labute approximate surface area is 171 Å². The van der Waals surface area contributed by atoms with E-state index in [2.05, 4.69) is 22.9 Å². The molecule has 0 bridgehead atoms. The summed E-state index contributed by atoms with van der Waals surface area (Å²) in [6.45, 7) is 4.02. The van der Waals surface area contributed by atoms with Gasteiger partial charge in [-0.1, -0.05) is 0 Å². The Hall–Kier alpha value is -2.22. The molecule has 0 unspecified atom stereocenters. The van der Waals surface area contributed by atoms with Gasteiger partial charge in [-0.25, -0.2) is 12.4 Å². The van der Waals surface area contributed by atoms with Crippen LogP contribution < -0.4 is 9.64 Å². The third-order valence-corrected chi connectivity index (χ3v) is 6.83. The fraction of sp³-hybridized carbons (Fsp3) is 0.300. The minimum Gasteiger partial charge on any atom is -0.497 e. The van der Waals surface area contributed by atoms with Crippen molar-refractivity contribution in [3.8, 4) is 5.75 Å². The van der Waals surface area contributed by atoms with Crippen LogP contribution in [0.4, 0.5) is 5.69 Å². The number of nitrogens with zero attached hydrogens (tertiary/aromatic N) is 3.